The van der Waals surface area contributed by atoms with E-state index >= 15 is 0 Å². The summed E-state index contributed by atoms with van der Waals surface area (Å²) in [4.78, 5) is 0. The topological polar surface area (TPSA) is 53.7 Å². The maximum absolute atomic E-state index is 4.25. The van der Waals surface area contributed by atoms with Gasteiger partial charge in [0, 0.05) is 0 Å². The zero-order chi connectivity index (χ0) is 2.00. The minimum absolute atomic E-state index is 0. The van der Waals surface area contributed by atoms with Crippen molar-refractivity contribution >= 4 is 10.1 Å². The number of quaternary nitrogens is 1. The summed E-state index contributed by atoms with van der Waals surface area (Å²) in [7, 11) is 0. The standard InChI is InChI=1S/Be.4FH.Li.H4N2/c;;;;;;1-2/h;4*1H;;1-2H2/q+2;;;;;+1;/p-3. The van der Waals surface area contributed by atoms with Gasteiger partial charge in [-0.05, 0) is 0 Å². The molecule has 0 amide bonds. The molecule has 0 aromatic rings. The molecule has 0 fully saturated rings. The molecule has 46 valence electrons. The van der Waals surface area contributed by atoms with E-state index in [9.17, 15) is 0 Å². The van der Waals surface area contributed by atoms with E-state index in [1.807, 2.05) is 0 Å². The molecule has 0 atom stereocenters. The van der Waals surface area contributed by atoms with E-state index in [1.54, 1.807) is 0 Å². The van der Waals surface area contributed by atoms with Crippen LogP contribution in [0.3, 0.4) is 0 Å². The SMILES string of the molecule is N[NH3+].[Be+2].[F-].[F-].[F-].[F-].[Li+]. The van der Waals surface area contributed by atoms with Crippen molar-refractivity contribution in [1.29, 1.82) is 0 Å². The summed E-state index contributed by atoms with van der Waals surface area (Å²) in [5.41, 5.74) is 0. The molecule has 0 aromatic carbocycles. The van der Waals surface area contributed by atoms with E-state index in [0.717, 1.165) is 0 Å². The van der Waals surface area contributed by atoms with Gasteiger partial charge in [0.05, 0.1) is 0 Å². The third-order valence-corrected chi connectivity index (χ3v) is 0. The van der Waals surface area contributed by atoms with Gasteiger partial charge in [-0.1, -0.05) is 0 Å². The summed E-state index contributed by atoms with van der Waals surface area (Å²) < 4.78 is 0. The van der Waals surface area contributed by atoms with Crippen LogP contribution < -0.4 is 49.4 Å². The Morgan fingerprint density at radius 1 is 0.750 bits per heavy atom. The predicted octanol–water partition coefficient (Wildman–Crippen LogP) is -17.3. The molecule has 8 heteroatoms. The van der Waals surface area contributed by atoms with Gasteiger partial charge >= 0.3 is 29.0 Å². The molecule has 2 nitrogen and oxygen atoms in total. The van der Waals surface area contributed by atoms with Gasteiger partial charge in [-0.2, -0.15) is 5.84 Å². The van der Waals surface area contributed by atoms with Crippen LogP contribution in [0, 0.1) is 0 Å². The first-order valence-corrected chi connectivity index (χ1v) is 0.408. The molecule has 0 aromatic heterocycles. The van der Waals surface area contributed by atoms with E-state index in [0.29, 0.717) is 0 Å². The molecule has 0 rings (SSSR count). The van der Waals surface area contributed by atoms with Crippen molar-refractivity contribution in [3.63, 3.8) is 0 Å². The summed E-state index contributed by atoms with van der Waals surface area (Å²) in [6.45, 7) is 0. The third-order valence-electron chi connectivity index (χ3n) is 0. The molecule has 0 saturated carbocycles. The summed E-state index contributed by atoms with van der Waals surface area (Å²) >= 11 is 0. The van der Waals surface area contributed by atoms with Crippen LogP contribution in [0.1, 0.15) is 0 Å². The van der Waals surface area contributed by atoms with Gasteiger partial charge in [0.15, 0.2) is 0 Å². The van der Waals surface area contributed by atoms with Gasteiger partial charge in [-0.25, -0.2) is 0 Å². The fraction of sp³-hybridized carbons (Fsp3) is 0. The number of nitrogens with two attached hydrogens (primary N) is 1. The van der Waals surface area contributed by atoms with Crippen molar-refractivity contribution in [3.05, 3.63) is 0 Å². The van der Waals surface area contributed by atoms with Gasteiger partial charge < -0.3 is 18.8 Å². The summed E-state index contributed by atoms with van der Waals surface area (Å²) in [6, 6.07) is 0. The molecular formula is H5BeF4LiN2. The largest absolute Gasteiger partial charge is 2.00 e. The number of rotatable bonds is 0. The molecule has 0 bridgehead atoms. The summed E-state index contributed by atoms with van der Waals surface area (Å²) in [5.74, 6) is 7.00. The van der Waals surface area contributed by atoms with Crippen LogP contribution in [-0.4, -0.2) is 10.1 Å². The quantitative estimate of drug-likeness (QED) is 0.144. The molecule has 0 unspecified atom stereocenters. The Hall–Kier alpha value is 0.406. The second-order valence-corrected chi connectivity index (χ2v) is 0. The summed E-state index contributed by atoms with van der Waals surface area (Å²) in [6.07, 6.45) is 0. The minimum Gasteiger partial charge on any atom is -1.00 e. The summed E-state index contributed by atoms with van der Waals surface area (Å²) in [5, 5.41) is 0. The first kappa shape index (κ1) is 233. The molecule has 5 N–H and O–H groups in total. The van der Waals surface area contributed by atoms with E-state index in [2.05, 4.69) is 11.7 Å². The molecule has 0 aliphatic rings. The Bertz CT molecular complexity index is 14.0. The Kier molecular flexibility index (Phi) is 53700. The van der Waals surface area contributed by atoms with Gasteiger partial charge in [-0.15, -0.1) is 0 Å². The molecule has 8 heavy (non-hydrogen) atoms. The van der Waals surface area contributed by atoms with Crippen LogP contribution in [0.5, 0.6) is 0 Å². The van der Waals surface area contributed by atoms with Crippen LogP contribution in [0.4, 0.5) is 0 Å². The van der Waals surface area contributed by atoms with E-state index in [1.165, 1.54) is 0 Å². The van der Waals surface area contributed by atoms with Crippen LogP contribution in [-0.2, 0) is 0 Å². The van der Waals surface area contributed by atoms with Crippen molar-refractivity contribution in [1.82, 2.24) is 0 Å². The second kappa shape index (κ2) is 1840. The molecule has 0 heterocycles. The number of hydrogen-bond donors (Lipinski definition) is 2. The maximum atomic E-state index is 4.25. The third kappa shape index (κ3) is 1130. The molecule has 0 saturated heterocycles. The van der Waals surface area contributed by atoms with Crippen molar-refractivity contribution in [2.45, 2.75) is 0 Å². The van der Waals surface area contributed by atoms with E-state index < -0.39 is 0 Å². The van der Waals surface area contributed by atoms with Gasteiger partial charge in [-0.3, -0.25) is 5.84 Å². The fourth-order valence-electron chi connectivity index (χ4n) is 0. The van der Waals surface area contributed by atoms with Crippen LogP contribution >= 0.6 is 0 Å². The van der Waals surface area contributed by atoms with Gasteiger partial charge in [0.1, 0.15) is 0 Å². The van der Waals surface area contributed by atoms with Gasteiger partial charge in [0.2, 0.25) is 0 Å². The maximum Gasteiger partial charge on any atom is 2.00 e. The Morgan fingerprint density at radius 3 is 0.750 bits per heavy atom. The first-order valence-electron chi connectivity index (χ1n) is 0.408. The molecule has 0 aliphatic carbocycles. The van der Waals surface area contributed by atoms with Crippen LogP contribution in [0.2, 0.25) is 0 Å². The van der Waals surface area contributed by atoms with E-state index in [-0.39, 0.29) is 47.8 Å². The van der Waals surface area contributed by atoms with Crippen molar-refractivity contribution in [3.8, 4) is 0 Å². The van der Waals surface area contributed by atoms with Crippen LogP contribution in [0.25, 0.3) is 0 Å². The van der Waals surface area contributed by atoms with Crippen LogP contribution in [0.15, 0.2) is 0 Å². The predicted molar refractivity (Wildman–Crippen MR) is 12.8 cm³/mol. The van der Waals surface area contributed by atoms with Crippen molar-refractivity contribution in [2.75, 3.05) is 0 Å². The van der Waals surface area contributed by atoms with Crippen molar-refractivity contribution < 1.29 is 43.5 Å². The Morgan fingerprint density at radius 2 is 0.750 bits per heavy atom. The normalized spacial score (nSPS) is 0.750. The first-order chi connectivity index (χ1) is 1.00. The number of hydrogen-bond acceptors (Lipinski definition) is 1. The van der Waals surface area contributed by atoms with Crippen molar-refractivity contribution in [2.24, 2.45) is 5.84 Å². The average Bonchev–Trinajstić information content (AvgIpc) is 1.00. The molecular weight excluding hydrogens is 120 g/mol. The Balaban J connectivity index is -0.000000000333. The monoisotopic (exact) mass is 125 g/mol. The zero-order valence-electron chi connectivity index (χ0n) is 4.50. The zero-order valence-corrected chi connectivity index (χ0v) is 4.50. The molecule has 0 aliphatic heterocycles. The molecule has 0 radical (unpaired) electrons. The van der Waals surface area contributed by atoms with Gasteiger partial charge in [0.25, 0.3) is 0 Å². The Labute approximate surface area is 60.2 Å². The smallest absolute Gasteiger partial charge is 1.00 e. The average molecular weight is 125 g/mol. The number of halogens is 4. The second-order valence-electron chi connectivity index (χ2n) is 0. The van der Waals surface area contributed by atoms with E-state index in [4.69, 9.17) is 0 Å². The molecule has 0 spiro atoms. The minimum atomic E-state index is 0. The fourth-order valence-corrected chi connectivity index (χ4v) is 0.